The summed E-state index contributed by atoms with van der Waals surface area (Å²) < 4.78 is 74.3. The van der Waals surface area contributed by atoms with Crippen LogP contribution in [0.1, 0.15) is 12.0 Å². The van der Waals surface area contributed by atoms with E-state index in [0.717, 1.165) is 12.1 Å². The van der Waals surface area contributed by atoms with Crippen molar-refractivity contribution in [3.05, 3.63) is 29.8 Å². The Labute approximate surface area is 102 Å². The van der Waals surface area contributed by atoms with Gasteiger partial charge in [-0.2, -0.15) is 21.6 Å². The van der Waals surface area contributed by atoms with Gasteiger partial charge in [-0.15, -0.1) is 3.89 Å². The van der Waals surface area contributed by atoms with Crippen LogP contribution in [0.3, 0.4) is 0 Å². The molecule has 1 rings (SSSR count). The van der Waals surface area contributed by atoms with Gasteiger partial charge in [-0.3, -0.25) is 0 Å². The van der Waals surface area contributed by atoms with Crippen molar-refractivity contribution in [2.75, 3.05) is 12.4 Å². The Hall–Kier alpha value is -1.31. The van der Waals surface area contributed by atoms with Gasteiger partial charge in [0.15, 0.2) is 0 Å². The molecule has 18 heavy (non-hydrogen) atoms. The zero-order valence-electron chi connectivity index (χ0n) is 9.08. The third-order valence-corrected chi connectivity index (χ3v) is 2.74. The van der Waals surface area contributed by atoms with Crippen molar-refractivity contribution in [3.63, 3.8) is 0 Å². The Morgan fingerprint density at radius 3 is 2.44 bits per heavy atom. The quantitative estimate of drug-likeness (QED) is 0.475. The molecule has 0 aliphatic carbocycles. The van der Waals surface area contributed by atoms with E-state index < -0.39 is 27.7 Å². The van der Waals surface area contributed by atoms with Gasteiger partial charge in [0.05, 0.1) is 17.9 Å². The highest BCUT2D eigenvalue weighted by Crippen LogP contribution is 2.31. The highest BCUT2D eigenvalue weighted by molar-refractivity contribution is 7.86. The van der Waals surface area contributed by atoms with Gasteiger partial charge in [-0.05, 0) is 24.6 Å². The van der Waals surface area contributed by atoms with Crippen LogP contribution in [0.15, 0.2) is 24.3 Å². The smallest absolute Gasteiger partial charge is 0.416 e. The molecule has 1 aromatic rings. The molecule has 0 aliphatic heterocycles. The standard InChI is InChI=1S/C10H10F4O3S/c11-10(12,13)8-3-1-4-9(7-8)17-5-2-6-18(14,15)16/h1,3-4,7H,2,5-6H2. The van der Waals surface area contributed by atoms with Gasteiger partial charge in [0, 0.05) is 0 Å². The molecule has 0 saturated carbocycles. The fourth-order valence-electron chi connectivity index (χ4n) is 1.18. The normalized spacial score (nSPS) is 12.4. The first-order valence-electron chi connectivity index (χ1n) is 4.91. The SMILES string of the molecule is O=S(=O)(F)CCCOc1cccc(C(F)(F)F)c1. The van der Waals surface area contributed by atoms with Gasteiger partial charge in [0.25, 0.3) is 0 Å². The Morgan fingerprint density at radius 2 is 1.89 bits per heavy atom. The molecule has 0 unspecified atom stereocenters. The van der Waals surface area contributed by atoms with Gasteiger partial charge in [0.2, 0.25) is 0 Å². The lowest BCUT2D eigenvalue weighted by atomic mass is 10.2. The molecule has 0 spiro atoms. The van der Waals surface area contributed by atoms with Crippen LogP contribution >= 0.6 is 0 Å². The van der Waals surface area contributed by atoms with Crippen molar-refractivity contribution in [2.45, 2.75) is 12.6 Å². The maximum atomic E-state index is 12.3. The fourth-order valence-corrected chi connectivity index (χ4v) is 1.65. The van der Waals surface area contributed by atoms with E-state index in [1.54, 1.807) is 0 Å². The van der Waals surface area contributed by atoms with Crippen molar-refractivity contribution in [3.8, 4) is 5.75 Å². The lowest BCUT2D eigenvalue weighted by Gasteiger charge is -2.09. The lowest BCUT2D eigenvalue weighted by molar-refractivity contribution is -0.137. The first-order valence-corrected chi connectivity index (χ1v) is 6.46. The molecule has 0 N–H and O–H groups in total. The van der Waals surface area contributed by atoms with E-state index in [-0.39, 0.29) is 18.8 Å². The Balaban J connectivity index is 2.53. The van der Waals surface area contributed by atoms with Crippen LogP contribution in [0, 0.1) is 0 Å². The second-order valence-electron chi connectivity index (χ2n) is 3.47. The number of benzene rings is 1. The molecule has 0 saturated heterocycles. The number of ether oxygens (including phenoxy) is 1. The summed E-state index contributed by atoms with van der Waals surface area (Å²) >= 11 is 0. The number of rotatable bonds is 5. The van der Waals surface area contributed by atoms with Crippen molar-refractivity contribution < 1.29 is 30.2 Å². The molecule has 0 bridgehead atoms. The molecular weight excluding hydrogens is 276 g/mol. The monoisotopic (exact) mass is 286 g/mol. The number of hydrogen-bond donors (Lipinski definition) is 0. The zero-order chi connectivity index (χ0) is 13.8. The van der Waals surface area contributed by atoms with E-state index in [1.807, 2.05) is 0 Å². The van der Waals surface area contributed by atoms with E-state index in [2.05, 4.69) is 0 Å². The van der Waals surface area contributed by atoms with E-state index in [1.165, 1.54) is 12.1 Å². The van der Waals surface area contributed by atoms with E-state index in [9.17, 15) is 25.5 Å². The van der Waals surface area contributed by atoms with Crippen molar-refractivity contribution >= 4 is 10.2 Å². The van der Waals surface area contributed by atoms with Crippen LogP contribution in [-0.4, -0.2) is 20.8 Å². The highest BCUT2D eigenvalue weighted by atomic mass is 32.3. The molecule has 0 radical (unpaired) electrons. The minimum Gasteiger partial charge on any atom is -0.494 e. The summed E-state index contributed by atoms with van der Waals surface area (Å²) in [4.78, 5) is 0. The fraction of sp³-hybridized carbons (Fsp3) is 0.400. The molecule has 102 valence electrons. The summed E-state index contributed by atoms with van der Waals surface area (Å²) in [5.74, 6) is -0.757. The third kappa shape index (κ3) is 5.35. The van der Waals surface area contributed by atoms with Crippen molar-refractivity contribution in [1.82, 2.24) is 0 Å². The molecule has 0 amide bonds. The first kappa shape index (κ1) is 14.7. The zero-order valence-corrected chi connectivity index (χ0v) is 9.89. The molecule has 0 atom stereocenters. The summed E-state index contributed by atoms with van der Waals surface area (Å²) in [5, 5.41) is 0. The molecule has 0 fully saturated rings. The van der Waals surface area contributed by atoms with E-state index in [4.69, 9.17) is 4.74 Å². The topological polar surface area (TPSA) is 43.4 Å². The van der Waals surface area contributed by atoms with Crippen LogP contribution in [0.2, 0.25) is 0 Å². The second-order valence-corrected chi connectivity index (χ2v) is 4.96. The van der Waals surface area contributed by atoms with Crippen LogP contribution in [-0.2, 0) is 16.4 Å². The number of alkyl halides is 3. The summed E-state index contributed by atoms with van der Waals surface area (Å²) in [6, 6.07) is 4.16. The maximum absolute atomic E-state index is 12.3. The summed E-state index contributed by atoms with van der Waals surface area (Å²) in [6.45, 7) is -0.176. The molecule has 0 aliphatic rings. The largest absolute Gasteiger partial charge is 0.494 e. The Bertz CT molecular complexity index is 496. The highest BCUT2D eigenvalue weighted by Gasteiger charge is 2.30. The van der Waals surface area contributed by atoms with E-state index >= 15 is 0 Å². The Kier molecular flexibility index (Phi) is 4.55. The summed E-state index contributed by atoms with van der Waals surface area (Å²) in [6.07, 6.45) is -4.60. The predicted molar refractivity (Wildman–Crippen MR) is 56.5 cm³/mol. The van der Waals surface area contributed by atoms with Gasteiger partial charge < -0.3 is 4.74 Å². The maximum Gasteiger partial charge on any atom is 0.416 e. The average Bonchev–Trinajstić information content (AvgIpc) is 2.22. The minimum atomic E-state index is -4.57. The molecule has 8 heteroatoms. The van der Waals surface area contributed by atoms with Gasteiger partial charge >= 0.3 is 16.4 Å². The van der Waals surface area contributed by atoms with Crippen molar-refractivity contribution in [2.24, 2.45) is 0 Å². The minimum absolute atomic E-state index is 0.0407. The molecule has 1 aromatic carbocycles. The second kappa shape index (κ2) is 5.55. The summed E-state index contributed by atoms with van der Waals surface area (Å²) in [7, 11) is -4.57. The number of hydrogen-bond acceptors (Lipinski definition) is 3. The molecular formula is C10H10F4O3S. The number of halogens is 4. The van der Waals surface area contributed by atoms with Crippen LogP contribution in [0.25, 0.3) is 0 Å². The molecule has 3 nitrogen and oxygen atoms in total. The predicted octanol–water partition coefficient (Wildman–Crippen LogP) is 2.77. The van der Waals surface area contributed by atoms with Crippen LogP contribution in [0.4, 0.5) is 17.1 Å². The van der Waals surface area contributed by atoms with Gasteiger partial charge in [0.1, 0.15) is 5.75 Å². The van der Waals surface area contributed by atoms with E-state index in [0.29, 0.717) is 0 Å². The average molecular weight is 286 g/mol. The molecule has 0 heterocycles. The van der Waals surface area contributed by atoms with Crippen LogP contribution < -0.4 is 4.74 Å². The van der Waals surface area contributed by atoms with Gasteiger partial charge in [-0.25, -0.2) is 0 Å². The van der Waals surface area contributed by atoms with Gasteiger partial charge in [-0.1, -0.05) is 6.07 Å². The lowest BCUT2D eigenvalue weighted by Crippen LogP contribution is -2.07. The third-order valence-electron chi connectivity index (χ3n) is 1.96. The molecule has 0 aromatic heterocycles. The Morgan fingerprint density at radius 1 is 1.22 bits per heavy atom. The van der Waals surface area contributed by atoms with Crippen LogP contribution in [0.5, 0.6) is 5.75 Å². The van der Waals surface area contributed by atoms with Crippen molar-refractivity contribution in [1.29, 1.82) is 0 Å². The summed E-state index contributed by atoms with van der Waals surface area (Å²) in [5.41, 5.74) is -0.863. The first-order chi connectivity index (χ1) is 8.18.